The van der Waals surface area contributed by atoms with Gasteiger partial charge in [-0.15, -0.1) is 0 Å². The van der Waals surface area contributed by atoms with Crippen LogP contribution in [-0.4, -0.2) is 23.2 Å². The molecule has 0 radical (unpaired) electrons. The van der Waals surface area contributed by atoms with E-state index < -0.39 is 42.0 Å². The molecule has 152 valence electrons. The summed E-state index contributed by atoms with van der Waals surface area (Å²) in [5.74, 6) is -1.29. The number of hydrogen-bond donors (Lipinski definition) is 3. The van der Waals surface area contributed by atoms with Gasteiger partial charge in [0.1, 0.15) is 16.5 Å². The van der Waals surface area contributed by atoms with Gasteiger partial charge in [0.2, 0.25) is 0 Å². The van der Waals surface area contributed by atoms with Crippen LogP contribution in [0.15, 0.2) is 54.6 Å². The Kier molecular flexibility index (Phi) is 5.98. The van der Waals surface area contributed by atoms with Gasteiger partial charge in [-0.1, -0.05) is 94.9 Å². The quantitative estimate of drug-likeness (QED) is 0.182. The van der Waals surface area contributed by atoms with Gasteiger partial charge in [0.25, 0.3) is 10.1 Å². The second-order valence-corrected chi connectivity index (χ2v) is 9.09. The van der Waals surface area contributed by atoms with Crippen molar-refractivity contribution in [3.63, 3.8) is 0 Å². The summed E-state index contributed by atoms with van der Waals surface area (Å²) in [6.45, 7) is 0. The van der Waals surface area contributed by atoms with E-state index >= 15 is 0 Å². The molecular formula is C19H12Cl4O5S. The number of aromatic hydroxyl groups is 2. The molecule has 0 fully saturated rings. The van der Waals surface area contributed by atoms with E-state index in [9.17, 15) is 23.2 Å². The molecule has 3 aromatic carbocycles. The van der Waals surface area contributed by atoms with Crippen LogP contribution in [0.3, 0.4) is 0 Å². The highest BCUT2D eigenvalue weighted by atomic mass is 35.5. The molecule has 5 nitrogen and oxygen atoms in total. The maximum atomic E-state index is 13.0. The molecule has 1 atom stereocenters. The topological polar surface area (TPSA) is 94.8 Å². The van der Waals surface area contributed by atoms with Crippen molar-refractivity contribution in [3.05, 3.63) is 91.4 Å². The van der Waals surface area contributed by atoms with E-state index in [2.05, 4.69) is 0 Å². The molecule has 3 aromatic rings. The van der Waals surface area contributed by atoms with Gasteiger partial charge in [-0.2, -0.15) is 8.42 Å². The summed E-state index contributed by atoms with van der Waals surface area (Å²) in [6.07, 6.45) is 0. The number of para-hydroxylation sites is 1. The molecule has 0 saturated heterocycles. The van der Waals surface area contributed by atoms with Crippen molar-refractivity contribution in [1.29, 1.82) is 0 Å². The number of phenols is 2. The minimum absolute atomic E-state index is 0.0318. The highest BCUT2D eigenvalue weighted by Crippen LogP contribution is 2.56. The van der Waals surface area contributed by atoms with Crippen LogP contribution in [0.25, 0.3) is 0 Å². The number of phenolic OH excluding ortho intramolecular Hbond substituents is 2. The van der Waals surface area contributed by atoms with Gasteiger partial charge in [0, 0.05) is 11.1 Å². The molecule has 1 unspecified atom stereocenters. The summed E-state index contributed by atoms with van der Waals surface area (Å²) in [6, 6.07) is 12.8. The zero-order chi connectivity index (χ0) is 21.6. The van der Waals surface area contributed by atoms with Gasteiger partial charge in [0.15, 0.2) is 4.75 Å². The van der Waals surface area contributed by atoms with E-state index in [-0.39, 0.29) is 21.2 Å². The van der Waals surface area contributed by atoms with Crippen LogP contribution < -0.4 is 0 Å². The lowest BCUT2D eigenvalue weighted by molar-refractivity contribution is 0.428. The van der Waals surface area contributed by atoms with Crippen molar-refractivity contribution < 1.29 is 23.2 Å². The molecule has 0 bridgehead atoms. The monoisotopic (exact) mass is 492 g/mol. The molecule has 0 aliphatic heterocycles. The summed E-state index contributed by atoms with van der Waals surface area (Å²) in [5.41, 5.74) is -0.857. The first-order valence-corrected chi connectivity index (χ1v) is 10.9. The number of hydrogen-bond acceptors (Lipinski definition) is 4. The molecule has 0 spiro atoms. The van der Waals surface area contributed by atoms with Crippen LogP contribution >= 0.6 is 46.4 Å². The summed E-state index contributed by atoms with van der Waals surface area (Å²) < 4.78 is 33.9. The first-order chi connectivity index (χ1) is 13.5. The van der Waals surface area contributed by atoms with Gasteiger partial charge in [-0.25, -0.2) is 0 Å². The van der Waals surface area contributed by atoms with E-state index in [0.717, 1.165) is 0 Å². The predicted molar refractivity (Wildman–Crippen MR) is 114 cm³/mol. The zero-order valence-corrected chi connectivity index (χ0v) is 18.1. The van der Waals surface area contributed by atoms with Crippen LogP contribution in [0, 0.1) is 0 Å². The Morgan fingerprint density at radius 3 is 1.79 bits per heavy atom. The summed E-state index contributed by atoms with van der Waals surface area (Å²) in [4.78, 5) is 0. The van der Waals surface area contributed by atoms with Crippen molar-refractivity contribution in [1.82, 2.24) is 0 Å². The Labute approximate surface area is 186 Å². The third kappa shape index (κ3) is 3.34. The highest BCUT2D eigenvalue weighted by Gasteiger charge is 2.53. The molecule has 0 aromatic heterocycles. The first kappa shape index (κ1) is 22.0. The minimum Gasteiger partial charge on any atom is -0.508 e. The predicted octanol–water partition coefficient (Wildman–Crippen LogP) is 5.89. The van der Waals surface area contributed by atoms with Crippen LogP contribution in [0.2, 0.25) is 20.1 Å². The number of benzene rings is 3. The fourth-order valence-electron chi connectivity index (χ4n) is 3.24. The largest absolute Gasteiger partial charge is 0.508 e. The van der Waals surface area contributed by atoms with Crippen molar-refractivity contribution >= 4 is 56.5 Å². The van der Waals surface area contributed by atoms with Gasteiger partial charge < -0.3 is 10.2 Å². The fourth-order valence-corrected chi connectivity index (χ4v) is 5.62. The molecule has 0 saturated carbocycles. The second-order valence-electron chi connectivity index (χ2n) is 6.02. The highest BCUT2D eigenvalue weighted by molar-refractivity contribution is 7.87. The average Bonchev–Trinajstić information content (AvgIpc) is 2.68. The Morgan fingerprint density at radius 1 is 0.724 bits per heavy atom. The van der Waals surface area contributed by atoms with Gasteiger partial charge in [0.05, 0.1) is 15.1 Å². The molecule has 3 N–H and O–H groups in total. The van der Waals surface area contributed by atoms with Gasteiger partial charge in [-0.05, 0) is 11.6 Å². The third-order valence-corrected chi connectivity index (χ3v) is 7.67. The molecule has 0 amide bonds. The van der Waals surface area contributed by atoms with E-state index in [1.807, 2.05) is 0 Å². The number of halogens is 4. The molecule has 0 aliphatic carbocycles. The van der Waals surface area contributed by atoms with Crippen molar-refractivity contribution in [2.45, 2.75) is 4.75 Å². The standard InChI is InChI=1S/C19H12Cl4O5S/c20-14-13(18(25)17(23)16(22)15(14)21)19(29(26,27)28,10-6-2-1-3-7-10)11-8-4-5-9-12(11)24/h1-9,24-25H,(H,26,27,28). The molecule has 29 heavy (non-hydrogen) atoms. The Bertz CT molecular complexity index is 1170. The maximum absolute atomic E-state index is 13.0. The van der Waals surface area contributed by atoms with Crippen molar-refractivity contribution in [3.8, 4) is 11.5 Å². The Morgan fingerprint density at radius 2 is 1.24 bits per heavy atom. The molecule has 0 aliphatic rings. The smallest absolute Gasteiger partial charge is 0.283 e. The lowest BCUT2D eigenvalue weighted by atomic mass is 9.83. The van der Waals surface area contributed by atoms with Crippen molar-refractivity contribution in [2.24, 2.45) is 0 Å². The van der Waals surface area contributed by atoms with E-state index in [1.165, 1.54) is 48.5 Å². The molecular weight excluding hydrogens is 482 g/mol. The minimum atomic E-state index is -5.16. The maximum Gasteiger partial charge on any atom is 0.283 e. The lowest BCUT2D eigenvalue weighted by Crippen LogP contribution is -2.38. The fraction of sp³-hybridized carbons (Fsp3) is 0.0526. The lowest BCUT2D eigenvalue weighted by Gasteiger charge is -2.34. The Balaban J connectivity index is 2.69. The normalized spacial score (nSPS) is 13.8. The van der Waals surface area contributed by atoms with E-state index in [0.29, 0.717) is 0 Å². The van der Waals surface area contributed by atoms with Gasteiger partial charge >= 0.3 is 0 Å². The SMILES string of the molecule is O=S(=O)(O)C(c1ccccc1)(c1ccccc1O)c1c(O)c(Cl)c(Cl)c(Cl)c1Cl. The van der Waals surface area contributed by atoms with Crippen LogP contribution in [-0.2, 0) is 14.9 Å². The van der Waals surface area contributed by atoms with E-state index in [4.69, 9.17) is 46.4 Å². The van der Waals surface area contributed by atoms with E-state index in [1.54, 1.807) is 6.07 Å². The molecule has 10 heteroatoms. The zero-order valence-electron chi connectivity index (χ0n) is 14.3. The van der Waals surface area contributed by atoms with Crippen molar-refractivity contribution in [2.75, 3.05) is 0 Å². The van der Waals surface area contributed by atoms with Crippen LogP contribution in [0.4, 0.5) is 0 Å². The second kappa shape index (κ2) is 7.87. The third-order valence-electron chi connectivity index (χ3n) is 4.44. The first-order valence-electron chi connectivity index (χ1n) is 7.91. The number of rotatable bonds is 4. The summed E-state index contributed by atoms with van der Waals surface area (Å²) in [7, 11) is -5.16. The van der Waals surface area contributed by atoms with Crippen LogP contribution in [0.1, 0.15) is 16.7 Å². The molecule has 0 heterocycles. The molecule has 3 rings (SSSR count). The summed E-state index contributed by atoms with van der Waals surface area (Å²) >= 11 is 24.5. The van der Waals surface area contributed by atoms with Gasteiger partial charge in [-0.3, -0.25) is 4.55 Å². The average molecular weight is 494 g/mol. The van der Waals surface area contributed by atoms with Crippen LogP contribution in [0.5, 0.6) is 11.5 Å². The Hall–Kier alpha value is -1.67. The summed E-state index contributed by atoms with van der Waals surface area (Å²) in [5, 5.41) is 19.8.